The Bertz CT molecular complexity index is 255. The minimum Gasteiger partial charge on any atom is -0.295 e. The number of Topliss-reactive ketones (excluding diaryl/α,β-unsaturated/α-hetero) is 1. The standard InChI is InChI=1S/C8H7ClO.CH4/c1-6(10)7-3-2-4-8(9)5-7;/h2-5H,1H3;1H4. The first-order valence-electron chi connectivity index (χ1n) is 2.96. The molecule has 0 radical (unpaired) electrons. The molecule has 0 fully saturated rings. The summed E-state index contributed by atoms with van der Waals surface area (Å²) in [5, 5.41) is 0.604. The molecular formula is C9H11ClO. The van der Waals surface area contributed by atoms with Crippen LogP contribution in [0, 0.1) is 0 Å². The molecule has 0 unspecified atom stereocenters. The Morgan fingerprint density at radius 2 is 2.09 bits per heavy atom. The van der Waals surface area contributed by atoms with Crippen molar-refractivity contribution < 1.29 is 4.79 Å². The summed E-state index contributed by atoms with van der Waals surface area (Å²) in [5.41, 5.74) is 0.660. The highest BCUT2D eigenvalue weighted by Crippen LogP contribution is 2.10. The first-order valence-corrected chi connectivity index (χ1v) is 3.34. The molecule has 2 heteroatoms. The molecule has 0 heterocycles. The zero-order valence-electron chi connectivity index (χ0n) is 5.60. The van der Waals surface area contributed by atoms with Gasteiger partial charge in [-0.25, -0.2) is 0 Å². The van der Waals surface area contributed by atoms with Gasteiger partial charge in [-0.2, -0.15) is 0 Å². The van der Waals surface area contributed by atoms with Gasteiger partial charge in [0.25, 0.3) is 0 Å². The van der Waals surface area contributed by atoms with Crippen molar-refractivity contribution in [1.29, 1.82) is 0 Å². The summed E-state index contributed by atoms with van der Waals surface area (Å²) in [6, 6.07) is 6.91. The Hall–Kier alpha value is -0.820. The van der Waals surface area contributed by atoms with Crippen LogP contribution in [0.1, 0.15) is 24.7 Å². The Kier molecular flexibility index (Phi) is 3.83. The normalized spacial score (nSPS) is 8.55. The lowest BCUT2D eigenvalue weighted by Gasteiger charge is -1.93. The second kappa shape index (κ2) is 4.14. The van der Waals surface area contributed by atoms with Gasteiger partial charge < -0.3 is 0 Å². The van der Waals surface area contributed by atoms with Gasteiger partial charge in [-0.3, -0.25) is 4.79 Å². The molecule has 0 saturated heterocycles. The third-order valence-corrected chi connectivity index (χ3v) is 1.47. The van der Waals surface area contributed by atoms with E-state index in [4.69, 9.17) is 11.6 Å². The Morgan fingerprint density at radius 3 is 2.45 bits per heavy atom. The van der Waals surface area contributed by atoms with Crippen LogP contribution in [0.3, 0.4) is 0 Å². The number of hydrogen-bond acceptors (Lipinski definition) is 1. The average molecular weight is 171 g/mol. The lowest BCUT2D eigenvalue weighted by Crippen LogP contribution is -1.89. The van der Waals surface area contributed by atoms with E-state index in [1.165, 1.54) is 6.92 Å². The highest BCUT2D eigenvalue weighted by atomic mass is 35.5. The fourth-order valence-electron chi connectivity index (χ4n) is 0.707. The van der Waals surface area contributed by atoms with E-state index < -0.39 is 0 Å². The molecule has 0 amide bonds. The predicted molar refractivity (Wildman–Crippen MR) is 48.2 cm³/mol. The Labute approximate surface area is 72.0 Å². The molecule has 0 aliphatic rings. The zero-order valence-corrected chi connectivity index (χ0v) is 6.35. The first-order chi connectivity index (χ1) is 4.70. The highest BCUT2D eigenvalue weighted by molar-refractivity contribution is 6.30. The summed E-state index contributed by atoms with van der Waals surface area (Å²) >= 11 is 5.64. The number of halogens is 1. The van der Waals surface area contributed by atoms with Gasteiger partial charge in [-0.1, -0.05) is 31.2 Å². The topological polar surface area (TPSA) is 17.1 Å². The van der Waals surface area contributed by atoms with E-state index in [0.29, 0.717) is 10.6 Å². The quantitative estimate of drug-likeness (QED) is 0.592. The molecule has 0 aromatic heterocycles. The maximum Gasteiger partial charge on any atom is 0.159 e. The predicted octanol–water partition coefficient (Wildman–Crippen LogP) is 3.18. The fraction of sp³-hybridized carbons (Fsp3) is 0.222. The molecule has 0 aliphatic carbocycles. The van der Waals surface area contributed by atoms with E-state index >= 15 is 0 Å². The van der Waals surface area contributed by atoms with Crippen molar-refractivity contribution in [3.63, 3.8) is 0 Å². The van der Waals surface area contributed by atoms with E-state index in [-0.39, 0.29) is 13.2 Å². The summed E-state index contributed by atoms with van der Waals surface area (Å²) in [7, 11) is 0. The minimum atomic E-state index is 0. The molecule has 0 spiro atoms. The Balaban J connectivity index is 0.000001000. The van der Waals surface area contributed by atoms with E-state index in [1.807, 2.05) is 0 Å². The van der Waals surface area contributed by atoms with Gasteiger partial charge in [0.15, 0.2) is 5.78 Å². The molecule has 1 rings (SSSR count). The van der Waals surface area contributed by atoms with Gasteiger partial charge in [-0.05, 0) is 19.1 Å². The van der Waals surface area contributed by atoms with E-state index in [2.05, 4.69) is 0 Å². The van der Waals surface area contributed by atoms with Gasteiger partial charge in [-0.15, -0.1) is 0 Å². The number of carbonyl (C=O) groups excluding carboxylic acids is 1. The number of carbonyl (C=O) groups is 1. The van der Waals surface area contributed by atoms with Gasteiger partial charge in [0, 0.05) is 10.6 Å². The molecule has 1 nitrogen and oxygen atoms in total. The van der Waals surface area contributed by atoms with Gasteiger partial charge in [0.2, 0.25) is 0 Å². The summed E-state index contributed by atoms with van der Waals surface area (Å²) in [5.74, 6) is 0.0440. The van der Waals surface area contributed by atoms with Crippen molar-refractivity contribution in [1.82, 2.24) is 0 Å². The van der Waals surface area contributed by atoms with Gasteiger partial charge in [0.05, 0.1) is 0 Å². The van der Waals surface area contributed by atoms with Crippen LogP contribution in [0.5, 0.6) is 0 Å². The van der Waals surface area contributed by atoms with Crippen molar-refractivity contribution in [3.05, 3.63) is 34.9 Å². The largest absolute Gasteiger partial charge is 0.295 e. The number of ketones is 1. The molecule has 0 aliphatic heterocycles. The zero-order chi connectivity index (χ0) is 7.56. The summed E-state index contributed by atoms with van der Waals surface area (Å²) < 4.78 is 0. The minimum absolute atomic E-state index is 0. The Morgan fingerprint density at radius 1 is 1.45 bits per heavy atom. The summed E-state index contributed by atoms with van der Waals surface area (Å²) in [4.78, 5) is 10.7. The van der Waals surface area contributed by atoms with Crippen molar-refractivity contribution in [3.8, 4) is 0 Å². The highest BCUT2D eigenvalue weighted by Gasteiger charge is 1.96. The monoisotopic (exact) mass is 170 g/mol. The molecule has 0 saturated carbocycles. The lowest BCUT2D eigenvalue weighted by atomic mass is 10.2. The van der Waals surface area contributed by atoms with E-state index in [1.54, 1.807) is 24.3 Å². The third kappa shape index (κ3) is 2.72. The van der Waals surface area contributed by atoms with Crippen LogP contribution in [-0.2, 0) is 0 Å². The van der Waals surface area contributed by atoms with Crippen molar-refractivity contribution in [2.24, 2.45) is 0 Å². The molecule has 1 aromatic rings. The fourth-order valence-corrected chi connectivity index (χ4v) is 0.898. The van der Waals surface area contributed by atoms with Crippen LogP contribution < -0.4 is 0 Å². The van der Waals surface area contributed by atoms with Crippen molar-refractivity contribution in [2.45, 2.75) is 14.4 Å². The van der Waals surface area contributed by atoms with Crippen LogP contribution in [0.15, 0.2) is 24.3 Å². The number of rotatable bonds is 1. The third-order valence-electron chi connectivity index (χ3n) is 1.23. The molecule has 0 bridgehead atoms. The SMILES string of the molecule is C.CC(=O)c1cccc(Cl)c1. The number of hydrogen-bond donors (Lipinski definition) is 0. The van der Waals surface area contributed by atoms with Crippen LogP contribution in [-0.4, -0.2) is 5.78 Å². The number of benzene rings is 1. The smallest absolute Gasteiger partial charge is 0.159 e. The summed E-state index contributed by atoms with van der Waals surface area (Å²) in [6.45, 7) is 1.52. The molecule has 60 valence electrons. The maximum absolute atomic E-state index is 10.7. The van der Waals surface area contributed by atoms with Gasteiger partial charge >= 0.3 is 0 Å². The summed E-state index contributed by atoms with van der Waals surface area (Å²) in [6.07, 6.45) is 0. The second-order valence-electron chi connectivity index (χ2n) is 2.07. The first kappa shape index (κ1) is 10.2. The van der Waals surface area contributed by atoms with E-state index in [9.17, 15) is 4.79 Å². The van der Waals surface area contributed by atoms with E-state index in [0.717, 1.165) is 0 Å². The van der Waals surface area contributed by atoms with Crippen LogP contribution in [0.2, 0.25) is 5.02 Å². The molecule has 11 heavy (non-hydrogen) atoms. The molecule has 0 N–H and O–H groups in total. The molecular weight excluding hydrogens is 160 g/mol. The van der Waals surface area contributed by atoms with Crippen molar-refractivity contribution >= 4 is 17.4 Å². The molecule has 1 aromatic carbocycles. The van der Waals surface area contributed by atoms with Crippen LogP contribution in [0.25, 0.3) is 0 Å². The van der Waals surface area contributed by atoms with Crippen molar-refractivity contribution in [2.75, 3.05) is 0 Å². The van der Waals surface area contributed by atoms with Crippen LogP contribution >= 0.6 is 11.6 Å². The average Bonchev–Trinajstić information content (AvgIpc) is 1.88. The van der Waals surface area contributed by atoms with Crippen LogP contribution in [0.4, 0.5) is 0 Å². The molecule has 0 atom stereocenters. The lowest BCUT2D eigenvalue weighted by molar-refractivity contribution is 0.101. The maximum atomic E-state index is 10.7. The second-order valence-corrected chi connectivity index (χ2v) is 2.50. The van der Waals surface area contributed by atoms with Gasteiger partial charge in [0.1, 0.15) is 0 Å².